The molecule has 0 aliphatic carbocycles. The van der Waals surface area contributed by atoms with E-state index < -0.39 is 0 Å². The summed E-state index contributed by atoms with van der Waals surface area (Å²) in [6.45, 7) is 4.55. The molecule has 142 valence electrons. The molecule has 0 aliphatic rings. The van der Waals surface area contributed by atoms with Crippen molar-refractivity contribution < 1.29 is 9.53 Å². The second-order valence-corrected chi connectivity index (χ2v) is 7.62. The molecule has 1 amide bonds. The topological polar surface area (TPSA) is 56.1 Å². The molecule has 4 rings (SSSR count). The summed E-state index contributed by atoms with van der Waals surface area (Å²) in [6, 6.07) is 15.7. The maximum Gasteiger partial charge on any atom is 0.263 e. The summed E-state index contributed by atoms with van der Waals surface area (Å²) >= 11 is 1.42. The van der Waals surface area contributed by atoms with E-state index in [1.807, 2.05) is 50.2 Å². The number of methoxy groups -OCH3 is 1. The number of benzene rings is 1. The third kappa shape index (κ3) is 3.27. The van der Waals surface area contributed by atoms with Gasteiger partial charge in [0.2, 0.25) is 0 Å². The Morgan fingerprint density at radius 3 is 2.50 bits per heavy atom. The zero-order valence-corrected chi connectivity index (χ0v) is 16.8. The van der Waals surface area contributed by atoms with Crippen molar-refractivity contribution in [3.05, 3.63) is 76.6 Å². The van der Waals surface area contributed by atoms with Crippen molar-refractivity contribution in [3.63, 3.8) is 0 Å². The summed E-state index contributed by atoms with van der Waals surface area (Å²) < 4.78 is 7.31. The van der Waals surface area contributed by atoms with E-state index in [2.05, 4.69) is 27.0 Å². The molecule has 6 heteroatoms. The van der Waals surface area contributed by atoms with Crippen molar-refractivity contribution in [1.82, 2.24) is 14.9 Å². The minimum atomic E-state index is -0.0960. The Morgan fingerprint density at radius 2 is 1.82 bits per heavy atom. The predicted octanol–water partition coefficient (Wildman–Crippen LogP) is 4.64. The van der Waals surface area contributed by atoms with E-state index in [4.69, 9.17) is 4.74 Å². The van der Waals surface area contributed by atoms with Gasteiger partial charge in [0.25, 0.3) is 5.91 Å². The number of pyridine rings is 1. The van der Waals surface area contributed by atoms with Crippen LogP contribution in [0.1, 0.15) is 26.6 Å². The lowest BCUT2D eigenvalue weighted by Gasteiger charge is -2.12. The van der Waals surface area contributed by atoms with Gasteiger partial charge in [-0.05, 0) is 55.8 Å². The first-order valence-electron chi connectivity index (χ1n) is 9.02. The Bertz CT molecular complexity index is 1120. The number of rotatable bonds is 5. The Balaban J connectivity index is 1.69. The van der Waals surface area contributed by atoms with E-state index in [0.717, 1.165) is 38.6 Å². The van der Waals surface area contributed by atoms with Crippen LogP contribution < -0.4 is 10.1 Å². The Labute approximate surface area is 167 Å². The molecule has 0 unspecified atom stereocenters. The molecular formula is C22H21N3O2S. The minimum Gasteiger partial charge on any atom is -0.497 e. The molecule has 5 nitrogen and oxygen atoms in total. The summed E-state index contributed by atoms with van der Waals surface area (Å²) in [5, 5.41) is 4.03. The second kappa shape index (κ2) is 7.48. The number of amides is 1. The molecule has 1 N–H and O–H groups in total. The standard InChI is InChI=1S/C22H21N3O2S/c1-14-6-7-15(2)25(14)19-18-5-4-12-23-22(18)28-20(19)21(26)24-13-16-8-10-17(27-3)11-9-16/h4-12H,13H2,1-3H3,(H,24,26). The van der Waals surface area contributed by atoms with Crippen molar-refractivity contribution in [2.75, 3.05) is 7.11 Å². The number of hydrogen-bond acceptors (Lipinski definition) is 4. The van der Waals surface area contributed by atoms with E-state index >= 15 is 0 Å². The highest BCUT2D eigenvalue weighted by molar-refractivity contribution is 7.21. The van der Waals surface area contributed by atoms with E-state index in [1.54, 1.807) is 13.3 Å². The number of carbonyl (C=O) groups is 1. The molecule has 1 aromatic carbocycles. The third-order valence-corrected chi connectivity index (χ3v) is 5.85. The first-order chi connectivity index (χ1) is 13.6. The van der Waals surface area contributed by atoms with Gasteiger partial charge in [0.1, 0.15) is 15.5 Å². The number of fused-ring (bicyclic) bond motifs is 1. The smallest absolute Gasteiger partial charge is 0.263 e. The first-order valence-corrected chi connectivity index (χ1v) is 9.84. The summed E-state index contributed by atoms with van der Waals surface area (Å²) in [7, 11) is 1.64. The van der Waals surface area contributed by atoms with Gasteiger partial charge in [-0.15, -0.1) is 11.3 Å². The number of nitrogens with zero attached hydrogens (tertiary/aromatic N) is 2. The minimum absolute atomic E-state index is 0.0960. The van der Waals surface area contributed by atoms with Gasteiger partial charge in [-0.25, -0.2) is 4.98 Å². The van der Waals surface area contributed by atoms with Crippen LogP contribution in [0, 0.1) is 13.8 Å². The highest BCUT2D eigenvalue weighted by Gasteiger charge is 2.22. The molecule has 0 saturated heterocycles. The van der Waals surface area contributed by atoms with E-state index in [0.29, 0.717) is 11.4 Å². The fourth-order valence-electron chi connectivity index (χ4n) is 3.32. The number of aryl methyl sites for hydroxylation is 2. The molecule has 3 aromatic heterocycles. The van der Waals surface area contributed by atoms with Crippen LogP contribution in [0.5, 0.6) is 5.75 Å². The molecule has 0 fully saturated rings. The molecular weight excluding hydrogens is 370 g/mol. The molecule has 0 spiro atoms. The highest BCUT2D eigenvalue weighted by atomic mass is 32.1. The van der Waals surface area contributed by atoms with Crippen LogP contribution in [0.15, 0.2) is 54.7 Å². The third-order valence-electron chi connectivity index (χ3n) is 4.75. The number of aromatic nitrogens is 2. The van der Waals surface area contributed by atoms with Crippen molar-refractivity contribution >= 4 is 27.5 Å². The summed E-state index contributed by atoms with van der Waals surface area (Å²) in [5.41, 5.74) is 4.10. The van der Waals surface area contributed by atoms with Gasteiger partial charge in [-0.3, -0.25) is 4.79 Å². The average molecular weight is 391 g/mol. The van der Waals surface area contributed by atoms with Crippen LogP contribution in [0.25, 0.3) is 15.9 Å². The van der Waals surface area contributed by atoms with E-state index in [9.17, 15) is 4.79 Å². The maximum atomic E-state index is 13.1. The lowest BCUT2D eigenvalue weighted by molar-refractivity contribution is 0.0955. The quantitative estimate of drug-likeness (QED) is 0.539. The van der Waals surface area contributed by atoms with Crippen LogP contribution in [-0.4, -0.2) is 22.6 Å². The first kappa shape index (κ1) is 18.3. The van der Waals surface area contributed by atoms with Gasteiger partial charge in [0.15, 0.2) is 0 Å². The SMILES string of the molecule is COc1ccc(CNC(=O)c2sc3ncccc3c2-n2c(C)ccc2C)cc1. The highest BCUT2D eigenvalue weighted by Crippen LogP contribution is 2.34. The molecule has 0 atom stereocenters. The Morgan fingerprint density at radius 1 is 1.11 bits per heavy atom. The maximum absolute atomic E-state index is 13.1. The normalized spacial score (nSPS) is 11.0. The number of ether oxygens (including phenoxy) is 1. The van der Waals surface area contributed by atoms with Gasteiger partial charge in [0, 0.05) is 29.5 Å². The molecule has 0 radical (unpaired) electrons. The number of nitrogens with one attached hydrogen (secondary N) is 1. The van der Waals surface area contributed by atoms with Crippen molar-refractivity contribution in [1.29, 1.82) is 0 Å². The van der Waals surface area contributed by atoms with Gasteiger partial charge in [0.05, 0.1) is 12.8 Å². The summed E-state index contributed by atoms with van der Waals surface area (Å²) in [4.78, 5) is 19.1. The van der Waals surface area contributed by atoms with Crippen molar-refractivity contribution in [3.8, 4) is 11.4 Å². The lowest BCUT2D eigenvalue weighted by atomic mass is 10.2. The number of carbonyl (C=O) groups excluding carboxylic acids is 1. The summed E-state index contributed by atoms with van der Waals surface area (Å²) in [5.74, 6) is 0.702. The zero-order chi connectivity index (χ0) is 19.7. The number of hydrogen-bond donors (Lipinski definition) is 1. The van der Waals surface area contributed by atoms with Gasteiger partial charge in [-0.2, -0.15) is 0 Å². The average Bonchev–Trinajstić information content (AvgIpc) is 3.25. The molecule has 0 bridgehead atoms. The van der Waals surface area contributed by atoms with Crippen LogP contribution in [-0.2, 0) is 6.54 Å². The largest absolute Gasteiger partial charge is 0.497 e. The zero-order valence-electron chi connectivity index (χ0n) is 16.0. The van der Waals surface area contributed by atoms with E-state index in [1.165, 1.54) is 11.3 Å². The fraction of sp³-hybridized carbons (Fsp3) is 0.182. The molecule has 4 aromatic rings. The molecule has 3 heterocycles. The molecule has 0 aliphatic heterocycles. The monoisotopic (exact) mass is 391 g/mol. The summed E-state index contributed by atoms with van der Waals surface area (Å²) in [6.07, 6.45) is 1.76. The van der Waals surface area contributed by atoms with Crippen LogP contribution in [0.4, 0.5) is 0 Å². The Kier molecular flexibility index (Phi) is 4.88. The molecule has 28 heavy (non-hydrogen) atoms. The fourth-order valence-corrected chi connectivity index (χ4v) is 4.37. The Hall–Kier alpha value is -3.12. The van der Waals surface area contributed by atoms with Crippen molar-refractivity contribution in [2.24, 2.45) is 0 Å². The number of thiophene rings is 1. The molecule has 0 saturated carbocycles. The van der Waals surface area contributed by atoms with Gasteiger partial charge in [-0.1, -0.05) is 12.1 Å². The van der Waals surface area contributed by atoms with Gasteiger partial charge < -0.3 is 14.6 Å². The second-order valence-electron chi connectivity index (χ2n) is 6.62. The predicted molar refractivity (Wildman–Crippen MR) is 113 cm³/mol. The van der Waals surface area contributed by atoms with Crippen molar-refractivity contribution in [2.45, 2.75) is 20.4 Å². The van der Waals surface area contributed by atoms with Gasteiger partial charge >= 0.3 is 0 Å². The van der Waals surface area contributed by atoms with E-state index in [-0.39, 0.29) is 5.91 Å². The lowest BCUT2D eigenvalue weighted by Crippen LogP contribution is -2.23. The van der Waals surface area contributed by atoms with Crippen LogP contribution >= 0.6 is 11.3 Å². The van der Waals surface area contributed by atoms with Crippen LogP contribution in [0.2, 0.25) is 0 Å². The van der Waals surface area contributed by atoms with Crippen LogP contribution in [0.3, 0.4) is 0 Å².